The minimum absolute atomic E-state index is 0.128. The molecule has 29 heavy (non-hydrogen) atoms. The Morgan fingerprint density at radius 1 is 1.03 bits per heavy atom. The smallest absolute Gasteiger partial charge is 0.264 e. The third-order valence-electron chi connectivity index (χ3n) is 5.24. The van der Waals surface area contributed by atoms with E-state index >= 15 is 0 Å². The number of carbonyl (C=O) groups excluding carboxylic acids is 2. The van der Waals surface area contributed by atoms with Gasteiger partial charge in [0.05, 0.1) is 10.6 Å². The molecule has 7 nitrogen and oxygen atoms in total. The van der Waals surface area contributed by atoms with Gasteiger partial charge in [-0.15, -0.1) is 0 Å². The van der Waals surface area contributed by atoms with Crippen molar-refractivity contribution in [3.8, 4) is 0 Å². The van der Waals surface area contributed by atoms with Crippen LogP contribution >= 0.6 is 0 Å². The third-order valence-corrected chi connectivity index (χ3v) is 7.02. The third kappa shape index (κ3) is 4.59. The van der Waals surface area contributed by atoms with E-state index in [0.717, 1.165) is 5.56 Å². The van der Waals surface area contributed by atoms with Crippen LogP contribution in [0.2, 0.25) is 0 Å². The van der Waals surface area contributed by atoms with Crippen molar-refractivity contribution in [1.82, 2.24) is 4.90 Å². The van der Waals surface area contributed by atoms with Gasteiger partial charge in [0.15, 0.2) is 0 Å². The standard InChI is InChI=1S/C21H25N3O4S/c1-16-7-5-6-10-19(16)24(29(27,28)18-8-3-2-4-9-18)15-20(25)23-13-11-17(12-14-23)21(22)26/h2-10,17H,11-15H2,1H3,(H2,22,26). The van der Waals surface area contributed by atoms with Crippen molar-refractivity contribution in [2.75, 3.05) is 23.9 Å². The van der Waals surface area contributed by atoms with Crippen LogP contribution in [0.15, 0.2) is 59.5 Å². The molecule has 2 aromatic rings. The van der Waals surface area contributed by atoms with Gasteiger partial charge < -0.3 is 10.6 Å². The highest BCUT2D eigenvalue weighted by Crippen LogP contribution is 2.27. The second-order valence-electron chi connectivity index (χ2n) is 7.17. The molecule has 2 aromatic carbocycles. The molecule has 0 unspecified atom stereocenters. The maximum absolute atomic E-state index is 13.3. The fraction of sp³-hybridized carbons (Fsp3) is 0.333. The molecule has 0 radical (unpaired) electrons. The molecule has 1 saturated heterocycles. The molecule has 0 spiro atoms. The first-order chi connectivity index (χ1) is 13.8. The molecular formula is C21H25N3O4S. The monoisotopic (exact) mass is 415 g/mol. The molecule has 2 N–H and O–H groups in total. The number of nitrogens with two attached hydrogens (primary N) is 1. The lowest BCUT2D eigenvalue weighted by molar-refractivity contribution is -0.133. The van der Waals surface area contributed by atoms with Gasteiger partial charge in [-0.2, -0.15) is 0 Å². The zero-order valence-electron chi connectivity index (χ0n) is 16.3. The first-order valence-corrected chi connectivity index (χ1v) is 10.9. The Morgan fingerprint density at radius 3 is 2.21 bits per heavy atom. The summed E-state index contributed by atoms with van der Waals surface area (Å²) in [7, 11) is -3.92. The van der Waals surface area contributed by atoms with Crippen LogP contribution in [0.1, 0.15) is 18.4 Å². The maximum Gasteiger partial charge on any atom is 0.264 e. The lowest BCUT2D eigenvalue weighted by Gasteiger charge is -2.33. The van der Waals surface area contributed by atoms with E-state index in [9.17, 15) is 18.0 Å². The Kier molecular flexibility index (Phi) is 6.22. The SMILES string of the molecule is Cc1ccccc1N(CC(=O)N1CCC(C(N)=O)CC1)S(=O)(=O)c1ccccc1. The van der Waals surface area contributed by atoms with Gasteiger partial charge >= 0.3 is 0 Å². The molecular weight excluding hydrogens is 390 g/mol. The van der Waals surface area contributed by atoms with Crippen LogP contribution in [0.4, 0.5) is 5.69 Å². The van der Waals surface area contributed by atoms with Gasteiger partial charge in [0, 0.05) is 19.0 Å². The quantitative estimate of drug-likeness (QED) is 0.779. The Labute approximate surface area is 171 Å². The minimum atomic E-state index is -3.92. The molecule has 0 aliphatic carbocycles. The van der Waals surface area contributed by atoms with Crippen LogP contribution < -0.4 is 10.0 Å². The predicted octanol–water partition coefficient (Wildman–Crippen LogP) is 1.91. The molecule has 0 saturated carbocycles. The van der Waals surface area contributed by atoms with E-state index in [1.807, 2.05) is 19.1 Å². The van der Waals surface area contributed by atoms with E-state index in [2.05, 4.69) is 0 Å². The van der Waals surface area contributed by atoms with Crippen molar-refractivity contribution in [2.24, 2.45) is 11.7 Å². The number of sulfonamides is 1. The number of amides is 2. The summed E-state index contributed by atoms with van der Waals surface area (Å²) in [5.41, 5.74) is 6.58. The van der Waals surface area contributed by atoms with Gasteiger partial charge in [0.1, 0.15) is 6.54 Å². The molecule has 3 rings (SSSR count). The minimum Gasteiger partial charge on any atom is -0.369 e. The first kappa shape index (κ1) is 20.9. The highest BCUT2D eigenvalue weighted by Gasteiger charge is 2.31. The molecule has 1 fully saturated rings. The second-order valence-corrected chi connectivity index (χ2v) is 9.03. The number of rotatable bonds is 6. The van der Waals surface area contributed by atoms with E-state index in [1.54, 1.807) is 35.2 Å². The van der Waals surface area contributed by atoms with E-state index in [0.29, 0.717) is 31.6 Å². The highest BCUT2D eigenvalue weighted by molar-refractivity contribution is 7.92. The summed E-state index contributed by atoms with van der Waals surface area (Å²) in [4.78, 5) is 26.0. The van der Waals surface area contributed by atoms with Crippen LogP contribution in [0, 0.1) is 12.8 Å². The number of carbonyl (C=O) groups is 2. The first-order valence-electron chi connectivity index (χ1n) is 9.51. The van der Waals surface area contributed by atoms with Gasteiger partial charge in [0.2, 0.25) is 11.8 Å². The van der Waals surface area contributed by atoms with Crippen molar-refractivity contribution in [1.29, 1.82) is 0 Å². The van der Waals surface area contributed by atoms with Crippen LogP contribution in [-0.4, -0.2) is 44.8 Å². The molecule has 2 amide bonds. The number of aryl methyl sites for hydroxylation is 1. The van der Waals surface area contributed by atoms with E-state index < -0.39 is 10.0 Å². The zero-order chi connectivity index (χ0) is 21.0. The Bertz CT molecular complexity index is 984. The Hall–Kier alpha value is -2.87. The van der Waals surface area contributed by atoms with Crippen molar-refractivity contribution < 1.29 is 18.0 Å². The number of nitrogens with zero attached hydrogens (tertiary/aromatic N) is 2. The summed E-state index contributed by atoms with van der Waals surface area (Å²) in [6.07, 6.45) is 0.994. The van der Waals surface area contributed by atoms with Gasteiger partial charge in [-0.25, -0.2) is 8.42 Å². The van der Waals surface area contributed by atoms with Gasteiger partial charge in [0.25, 0.3) is 10.0 Å². The number of primary amides is 1. The summed E-state index contributed by atoms with van der Waals surface area (Å²) < 4.78 is 27.8. The summed E-state index contributed by atoms with van der Waals surface area (Å²) >= 11 is 0. The Morgan fingerprint density at radius 2 is 1.62 bits per heavy atom. The molecule has 0 atom stereocenters. The average Bonchev–Trinajstić information content (AvgIpc) is 2.73. The number of hydrogen-bond acceptors (Lipinski definition) is 4. The lowest BCUT2D eigenvalue weighted by atomic mass is 9.96. The van der Waals surface area contributed by atoms with Crippen LogP contribution in [-0.2, 0) is 19.6 Å². The van der Waals surface area contributed by atoms with Crippen molar-refractivity contribution in [3.05, 3.63) is 60.2 Å². The highest BCUT2D eigenvalue weighted by atomic mass is 32.2. The zero-order valence-corrected chi connectivity index (χ0v) is 17.1. The Balaban J connectivity index is 1.88. The van der Waals surface area contributed by atoms with E-state index in [4.69, 9.17) is 5.73 Å². The molecule has 1 heterocycles. The molecule has 1 aliphatic heterocycles. The molecule has 0 bridgehead atoms. The molecule has 154 valence electrons. The number of anilines is 1. The number of para-hydroxylation sites is 1. The summed E-state index contributed by atoms with van der Waals surface area (Å²) in [5.74, 6) is -0.888. The van der Waals surface area contributed by atoms with E-state index in [1.165, 1.54) is 16.4 Å². The lowest BCUT2D eigenvalue weighted by Crippen LogP contribution is -2.47. The normalized spacial score (nSPS) is 15.1. The van der Waals surface area contributed by atoms with Gasteiger partial charge in [-0.1, -0.05) is 36.4 Å². The summed E-state index contributed by atoms with van der Waals surface area (Å²) in [6.45, 7) is 2.29. The van der Waals surface area contributed by atoms with Crippen molar-refractivity contribution in [3.63, 3.8) is 0 Å². The second kappa shape index (κ2) is 8.65. The fourth-order valence-corrected chi connectivity index (χ4v) is 5.00. The molecule has 0 aromatic heterocycles. The molecule has 8 heteroatoms. The summed E-state index contributed by atoms with van der Waals surface area (Å²) in [5, 5.41) is 0. The number of benzene rings is 2. The number of piperidine rings is 1. The van der Waals surface area contributed by atoms with Crippen LogP contribution in [0.5, 0.6) is 0 Å². The topological polar surface area (TPSA) is 101 Å². The van der Waals surface area contributed by atoms with Crippen LogP contribution in [0.25, 0.3) is 0 Å². The fourth-order valence-electron chi connectivity index (χ4n) is 3.50. The molecule has 1 aliphatic rings. The number of likely N-dealkylation sites (tertiary alicyclic amines) is 1. The number of hydrogen-bond donors (Lipinski definition) is 1. The predicted molar refractivity (Wildman–Crippen MR) is 111 cm³/mol. The van der Waals surface area contributed by atoms with Gasteiger partial charge in [-0.3, -0.25) is 13.9 Å². The van der Waals surface area contributed by atoms with Crippen LogP contribution in [0.3, 0.4) is 0 Å². The summed E-state index contributed by atoms with van der Waals surface area (Å²) in [6, 6.07) is 15.2. The van der Waals surface area contributed by atoms with E-state index in [-0.39, 0.29) is 29.2 Å². The average molecular weight is 416 g/mol. The maximum atomic E-state index is 13.3. The van der Waals surface area contributed by atoms with Crippen molar-refractivity contribution >= 4 is 27.5 Å². The van der Waals surface area contributed by atoms with Crippen molar-refractivity contribution in [2.45, 2.75) is 24.7 Å². The largest absolute Gasteiger partial charge is 0.369 e. The van der Waals surface area contributed by atoms with Gasteiger partial charge in [-0.05, 0) is 43.5 Å².